The van der Waals surface area contributed by atoms with Gasteiger partial charge in [0.1, 0.15) is 12.6 Å². The molecule has 116 valence electrons. The molecule has 0 aromatic heterocycles. The van der Waals surface area contributed by atoms with Crippen LogP contribution < -0.4 is 10.6 Å². The molecular weight excluding hydrogens is 264 g/mol. The number of amides is 2. The van der Waals surface area contributed by atoms with Crippen LogP contribution in [-0.4, -0.2) is 48.2 Å². The van der Waals surface area contributed by atoms with Gasteiger partial charge in [0.2, 0.25) is 11.8 Å². The van der Waals surface area contributed by atoms with E-state index in [4.69, 9.17) is 9.84 Å². The number of carbonyl (C=O) groups is 3. The van der Waals surface area contributed by atoms with E-state index < -0.39 is 23.8 Å². The molecule has 0 aromatic carbocycles. The average Bonchev–Trinajstić information content (AvgIpc) is 2.32. The summed E-state index contributed by atoms with van der Waals surface area (Å²) in [5, 5.41) is 13.7. The number of rotatable bonds is 9. The van der Waals surface area contributed by atoms with E-state index in [2.05, 4.69) is 10.6 Å². The van der Waals surface area contributed by atoms with E-state index in [0.29, 0.717) is 6.42 Å². The van der Waals surface area contributed by atoms with Gasteiger partial charge in [-0.05, 0) is 26.2 Å². The van der Waals surface area contributed by atoms with E-state index in [1.54, 1.807) is 13.8 Å². The summed E-state index contributed by atoms with van der Waals surface area (Å²) in [4.78, 5) is 33.8. The zero-order chi connectivity index (χ0) is 15.7. The molecule has 3 N–H and O–H groups in total. The Kier molecular flexibility index (Phi) is 8.54. The van der Waals surface area contributed by atoms with Crippen molar-refractivity contribution in [3.8, 4) is 0 Å². The first-order valence-corrected chi connectivity index (χ1v) is 6.62. The highest BCUT2D eigenvalue weighted by Crippen LogP contribution is 2.04. The van der Waals surface area contributed by atoms with E-state index in [0.717, 1.165) is 0 Å². The van der Waals surface area contributed by atoms with E-state index in [1.165, 1.54) is 0 Å². The third kappa shape index (κ3) is 9.32. The first kappa shape index (κ1) is 18.4. The molecule has 0 saturated heterocycles. The summed E-state index contributed by atoms with van der Waals surface area (Å²) in [5.41, 5.74) is 0. The van der Waals surface area contributed by atoms with Crippen LogP contribution >= 0.6 is 0 Å². The summed E-state index contributed by atoms with van der Waals surface area (Å²) in [6.45, 7) is 6.94. The molecule has 20 heavy (non-hydrogen) atoms. The molecule has 0 radical (unpaired) electrons. The molecule has 2 amide bonds. The number of hydrogen-bond donors (Lipinski definition) is 3. The SMILES string of the molecule is CC(C)C[C@H](NC(=O)CNC(=O)COC(C)C)C(=O)O. The smallest absolute Gasteiger partial charge is 0.326 e. The molecule has 0 aliphatic carbocycles. The van der Waals surface area contributed by atoms with Crippen LogP contribution in [0.4, 0.5) is 0 Å². The Hall–Kier alpha value is -1.63. The molecule has 0 bridgehead atoms. The van der Waals surface area contributed by atoms with Crippen LogP contribution in [0.25, 0.3) is 0 Å². The van der Waals surface area contributed by atoms with Gasteiger partial charge in [0, 0.05) is 0 Å². The maximum atomic E-state index is 11.6. The molecule has 0 rings (SSSR count). The van der Waals surface area contributed by atoms with Gasteiger partial charge in [-0.15, -0.1) is 0 Å². The summed E-state index contributed by atoms with van der Waals surface area (Å²) >= 11 is 0. The fourth-order valence-electron chi connectivity index (χ4n) is 1.41. The highest BCUT2D eigenvalue weighted by molar-refractivity contribution is 5.88. The molecule has 0 aliphatic rings. The van der Waals surface area contributed by atoms with Crippen molar-refractivity contribution in [1.29, 1.82) is 0 Å². The highest BCUT2D eigenvalue weighted by Gasteiger charge is 2.21. The highest BCUT2D eigenvalue weighted by atomic mass is 16.5. The van der Waals surface area contributed by atoms with Crippen LogP contribution in [0.15, 0.2) is 0 Å². The number of carbonyl (C=O) groups excluding carboxylic acids is 2. The number of carboxylic acids is 1. The third-order valence-electron chi connectivity index (χ3n) is 2.33. The Balaban J connectivity index is 4.07. The number of aliphatic carboxylic acids is 1. The molecule has 0 aliphatic heterocycles. The van der Waals surface area contributed by atoms with E-state index in [1.807, 2.05) is 13.8 Å². The normalized spacial score (nSPS) is 12.3. The van der Waals surface area contributed by atoms with Gasteiger partial charge in [-0.1, -0.05) is 13.8 Å². The fraction of sp³-hybridized carbons (Fsp3) is 0.769. The van der Waals surface area contributed by atoms with Crippen molar-refractivity contribution in [3.63, 3.8) is 0 Å². The van der Waals surface area contributed by atoms with E-state index in [-0.39, 0.29) is 25.2 Å². The van der Waals surface area contributed by atoms with Crippen LogP contribution in [0, 0.1) is 5.92 Å². The van der Waals surface area contributed by atoms with Crippen molar-refractivity contribution in [3.05, 3.63) is 0 Å². The molecule has 0 heterocycles. The molecule has 7 heteroatoms. The molecule has 0 fully saturated rings. The maximum absolute atomic E-state index is 11.6. The van der Waals surface area contributed by atoms with Gasteiger partial charge < -0.3 is 20.5 Å². The standard InChI is InChI=1S/C13H24N2O5/c1-8(2)5-10(13(18)19)15-11(16)6-14-12(17)7-20-9(3)4/h8-10H,5-7H2,1-4H3,(H,14,17)(H,15,16)(H,18,19)/t10-/m0/s1. The predicted molar refractivity (Wildman–Crippen MR) is 73.1 cm³/mol. The largest absolute Gasteiger partial charge is 0.480 e. The van der Waals surface area contributed by atoms with Crippen molar-refractivity contribution in [1.82, 2.24) is 10.6 Å². The number of carboxylic acid groups (broad SMARTS) is 1. The fourth-order valence-corrected chi connectivity index (χ4v) is 1.41. The summed E-state index contributed by atoms with van der Waals surface area (Å²) < 4.78 is 5.07. The maximum Gasteiger partial charge on any atom is 0.326 e. The summed E-state index contributed by atoms with van der Waals surface area (Å²) in [6.07, 6.45) is 0.267. The summed E-state index contributed by atoms with van der Waals surface area (Å²) in [6, 6.07) is -0.939. The van der Waals surface area contributed by atoms with Crippen LogP contribution in [0.5, 0.6) is 0 Å². The van der Waals surface area contributed by atoms with Gasteiger partial charge in [-0.25, -0.2) is 4.79 Å². The lowest BCUT2D eigenvalue weighted by atomic mass is 10.0. The first-order chi connectivity index (χ1) is 9.22. The summed E-state index contributed by atoms with van der Waals surface area (Å²) in [7, 11) is 0. The summed E-state index contributed by atoms with van der Waals surface area (Å²) in [5.74, 6) is -1.88. The van der Waals surface area contributed by atoms with Gasteiger partial charge >= 0.3 is 5.97 Å². The van der Waals surface area contributed by atoms with Gasteiger partial charge in [0.25, 0.3) is 0 Å². The van der Waals surface area contributed by atoms with Crippen LogP contribution in [0.1, 0.15) is 34.1 Å². The van der Waals surface area contributed by atoms with Crippen LogP contribution in [-0.2, 0) is 19.1 Å². The van der Waals surface area contributed by atoms with Crippen molar-refractivity contribution < 1.29 is 24.2 Å². The van der Waals surface area contributed by atoms with Crippen molar-refractivity contribution >= 4 is 17.8 Å². The van der Waals surface area contributed by atoms with Gasteiger partial charge in [-0.2, -0.15) is 0 Å². The Bertz CT molecular complexity index is 342. The predicted octanol–water partition coefficient (Wildman–Crippen LogP) is 0.143. The first-order valence-electron chi connectivity index (χ1n) is 6.62. The minimum atomic E-state index is -1.08. The molecular formula is C13H24N2O5. The zero-order valence-corrected chi connectivity index (χ0v) is 12.4. The lowest BCUT2D eigenvalue weighted by molar-refractivity contribution is -0.142. The Labute approximate surface area is 119 Å². The van der Waals surface area contributed by atoms with Gasteiger partial charge in [0.05, 0.1) is 12.6 Å². The second-order valence-corrected chi connectivity index (χ2v) is 5.22. The average molecular weight is 288 g/mol. The second-order valence-electron chi connectivity index (χ2n) is 5.22. The van der Waals surface area contributed by atoms with Crippen LogP contribution in [0.3, 0.4) is 0 Å². The van der Waals surface area contributed by atoms with E-state index in [9.17, 15) is 14.4 Å². The molecule has 0 saturated carbocycles. The van der Waals surface area contributed by atoms with Crippen molar-refractivity contribution in [2.24, 2.45) is 5.92 Å². The number of nitrogens with one attached hydrogen (secondary N) is 2. The minimum Gasteiger partial charge on any atom is -0.480 e. The molecule has 7 nitrogen and oxygen atoms in total. The Morgan fingerprint density at radius 2 is 1.70 bits per heavy atom. The monoisotopic (exact) mass is 288 g/mol. The Morgan fingerprint density at radius 1 is 1.10 bits per heavy atom. The lowest BCUT2D eigenvalue weighted by Gasteiger charge is -2.16. The minimum absolute atomic E-state index is 0.0722. The molecule has 0 aromatic rings. The molecule has 1 atom stereocenters. The van der Waals surface area contributed by atoms with E-state index >= 15 is 0 Å². The quantitative estimate of drug-likeness (QED) is 0.560. The third-order valence-corrected chi connectivity index (χ3v) is 2.33. The Morgan fingerprint density at radius 3 is 2.15 bits per heavy atom. The van der Waals surface area contributed by atoms with Gasteiger partial charge in [0.15, 0.2) is 0 Å². The lowest BCUT2D eigenvalue weighted by Crippen LogP contribution is -2.46. The molecule has 0 spiro atoms. The topological polar surface area (TPSA) is 105 Å². The van der Waals surface area contributed by atoms with Crippen molar-refractivity contribution in [2.45, 2.75) is 46.3 Å². The second kappa shape index (κ2) is 9.30. The van der Waals surface area contributed by atoms with Gasteiger partial charge in [-0.3, -0.25) is 9.59 Å². The number of ether oxygens (including phenoxy) is 1. The van der Waals surface area contributed by atoms with Crippen molar-refractivity contribution in [2.75, 3.05) is 13.2 Å². The van der Waals surface area contributed by atoms with Crippen LogP contribution in [0.2, 0.25) is 0 Å². The number of hydrogen-bond acceptors (Lipinski definition) is 4. The zero-order valence-electron chi connectivity index (χ0n) is 12.4. The molecule has 0 unspecified atom stereocenters.